The summed E-state index contributed by atoms with van der Waals surface area (Å²) in [5.74, 6) is 0.378. The van der Waals surface area contributed by atoms with E-state index in [-0.39, 0.29) is 5.41 Å². The van der Waals surface area contributed by atoms with Crippen molar-refractivity contribution in [2.24, 2.45) is 5.41 Å². The van der Waals surface area contributed by atoms with Gasteiger partial charge >= 0.3 is 0 Å². The fourth-order valence-corrected chi connectivity index (χ4v) is 4.64. The fraction of sp³-hybridized carbons (Fsp3) is 0.444. The first-order valence-electron chi connectivity index (χ1n) is 7.48. The van der Waals surface area contributed by atoms with Gasteiger partial charge in [0.05, 0.1) is 0 Å². The van der Waals surface area contributed by atoms with Gasteiger partial charge in [0.1, 0.15) is 5.75 Å². The minimum absolute atomic E-state index is 0.256. The molecule has 1 unspecified atom stereocenters. The highest BCUT2D eigenvalue weighted by molar-refractivity contribution is 9.12. The van der Waals surface area contributed by atoms with Crippen molar-refractivity contribution in [3.05, 3.63) is 46.0 Å². The third-order valence-electron chi connectivity index (χ3n) is 4.86. The van der Waals surface area contributed by atoms with Gasteiger partial charge in [-0.2, -0.15) is 0 Å². The topological polar surface area (TPSA) is 20.2 Å². The van der Waals surface area contributed by atoms with Gasteiger partial charge in [0.15, 0.2) is 0 Å². The van der Waals surface area contributed by atoms with Gasteiger partial charge in [-0.1, -0.05) is 48.3 Å². The molecule has 1 N–H and O–H groups in total. The minimum atomic E-state index is 0.256. The molecule has 0 amide bonds. The van der Waals surface area contributed by atoms with Crippen LogP contribution in [-0.4, -0.2) is 5.11 Å². The Balaban J connectivity index is 2.14. The number of aromatic hydroxyl groups is 1. The van der Waals surface area contributed by atoms with Crippen molar-refractivity contribution in [2.75, 3.05) is 0 Å². The molecule has 2 heteroatoms. The lowest BCUT2D eigenvalue weighted by Crippen LogP contribution is -2.24. The summed E-state index contributed by atoms with van der Waals surface area (Å²) in [6, 6.07) is 5.82. The van der Waals surface area contributed by atoms with Crippen LogP contribution < -0.4 is 0 Å². The zero-order valence-electron chi connectivity index (χ0n) is 12.0. The van der Waals surface area contributed by atoms with E-state index >= 15 is 0 Å². The van der Waals surface area contributed by atoms with E-state index in [1.807, 2.05) is 6.07 Å². The van der Waals surface area contributed by atoms with Crippen LogP contribution in [0.25, 0.3) is 5.57 Å². The monoisotopic (exact) mass is 332 g/mol. The minimum Gasteiger partial charge on any atom is -0.508 e. The van der Waals surface area contributed by atoms with Crippen molar-refractivity contribution in [2.45, 2.75) is 45.4 Å². The predicted molar refractivity (Wildman–Crippen MR) is 88.0 cm³/mol. The molecule has 0 aromatic heterocycles. The molecule has 3 rings (SSSR count). The van der Waals surface area contributed by atoms with Crippen LogP contribution in [0.3, 0.4) is 0 Å². The Hall–Kier alpha value is -1.02. The lowest BCUT2D eigenvalue weighted by Gasteiger charge is -2.36. The maximum Gasteiger partial charge on any atom is 0.115 e. The first-order chi connectivity index (χ1) is 9.57. The highest BCUT2D eigenvalue weighted by Gasteiger charge is 2.44. The number of benzene rings is 1. The summed E-state index contributed by atoms with van der Waals surface area (Å²) in [4.78, 5) is 0. The standard InChI is InChI=1S/C18H21BrO/c1-3-4-8-18-9-7-12(2)17(19)16(18)15-6-5-14(20)10-13(15)11-18/h5-6,10,20H,2-4,7-9,11H2,1H3. The number of hydrogen-bond donors (Lipinski definition) is 1. The van der Waals surface area contributed by atoms with Crippen LogP contribution in [0.5, 0.6) is 5.75 Å². The molecule has 0 heterocycles. The van der Waals surface area contributed by atoms with Crippen LogP contribution in [0.1, 0.15) is 50.2 Å². The van der Waals surface area contributed by atoms with Crippen molar-refractivity contribution in [3.8, 4) is 5.75 Å². The molecule has 106 valence electrons. The number of unbranched alkanes of at least 4 members (excludes halogenated alkanes) is 1. The quantitative estimate of drug-likeness (QED) is 0.765. The number of allylic oxidation sites excluding steroid dienone is 3. The van der Waals surface area contributed by atoms with E-state index in [0.717, 1.165) is 12.8 Å². The number of phenolic OH excluding ortho intramolecular Hbond substituents is 1. The van der Waals surface area contributed by atoms with Gasteiger partial charge in [-0.05, 0) is 60.1 Å². The van der Waals surface area contributed by atoms with Gasteiger partial charge in [0.25, 0.3) is 0 Å². The van der Waals surface area contributed by atoms with Crippen LogP contribution in [-0.2, 0) is 6.42 Å². The summed E-state index contributed by atoms with van der Waals surface area (Å²) < 4.78 is 1.21. The third-order valence-corrected chi connectivity index (χ3v) is 5.82. The zero-order chi connectivity index (χ0) is 14.3. The van der Waals surface area contributed by atoms with Gasteiger partial charge < -0.3 is 5.11 Å². The van der Waals surface area contributed by atoms with Crippen LogP contribution in [0.2, 0.25) is 0 Å². The van der Waals surface area contributed by atoms with E-state index in [1.165, 1.54) is 52.4 Å². The first-order valence-corrected chi connectivity index (χ1v) is 8.27. The predicted octanol–water partition coefficient (Wildman–Crippen LogP) is 5.58. The van der Waals surface area contributed by atoms with Crippen molar-refractivity contribution in [1.82, 2.24) is 0 Å². The van der Waals surface area contributed by atoms with E-state index in [4.69, 9.17) is 0 Å². The van der Waals surface area contributed by atoms with E-state index in [2.05, 4.69) is 35.5 Å². The van der Waals surface area contributed by atoms with Crippen LogP contribution in [0.4, 0.5) is 0 Å². The van der Waals surface area contributed by atoms with Crippen LogP contribution >= 0.6 is 15.9 Å². The Labute approximate surface area is 129 Å². The Morgan fingerprint density at radius 2 is 2.20 bits per heavy atom. The Bertz CT molecular complexity index is 599. The molecule has 0 bridgehead atoms. The Morgan fingerprint density at radius 3 is 2.95 bits per heavy atom. The van der Waals surface area contributed by atoms with Crippen molar-refractivity contribution in [3.63, 3.8) is 0 Å². The van der Waals surface area contributed by atoms with E-state index < -0.39 is 0 Å². The SMILES string of the molecule is C=C1CCC2(CCCC)Cc3cc(O)ccc3C2=C1Br. The molecule has 1 aromatic carbocycles. The summed E-state index contributed by atoms with van der Waals surface area (Å²) >= 11 is 3.79. The molecule has 0 saturated carbocycles. The molecule has 20 heavy (non-hydrogen) atoms. The van der Waals surface area contributed by atoms with Gasteiger partial charge in [-0.15, -0.1) is 0 Å². The highest BCUT2D eigenvalue weighted by Crippen LogP contribution is 2.59. The lowest BCUT2D eigenvalue weighted by molar-refractivity contribution is 0.332. The molecule has 1 aromatic rings. The van der Waals surface area contributed by atoms with E-state index in [0.29, 0.717) is 5.75 Å². The van der Waals surface area contributed by atoms with Gasteiger partial charge in [0.2, 0.25) is 0 Å². The van der Waals surface area contributed by atoms with E-state index in [9.17, 15) is 5.11 Å². The molecule has 1 nitrogen and oxygen atoms in total. The van der Waals surface area contributed by atoms with Crippen molar-refractivity contribution in [1.29, 1.82) is 0 Å². The summed E-state index contributed by atoms with van der Waals surface area (Å²) in [5, 5.41) is 9.76. The zero-order valence-corrected chi connectivity index (χ0v) is 13.6. The Kier molecular flexibility index (Phi) is 3.53. The molecule has 0 aliphatic heterocycles. The Morgan fingerprint density at radius 1 is 1.40 bits per heavy atom. The summed E-state index contributed by atoms with van der Waals surface area (Å²) in [6.07, 6.45) is 7.05. The highest BCUT2D eigenvalue weighted by atomic mass is 79.9. The molecule has 0 spiro atoms. The van der Waals surface area contributed by atoms with Crippen molar-refractivity contribution >= 4 is 21.5 Å². The van der Waals surface area contributed by atoms with Crippen molar-refractivity contribution < 1.29 is 5.11 Å². The normalized spacial score (nSPS) is 24.8. The third kappa shape index (κ3) is 2.05. The molecule has 0 saturated heterocycles. The largest absolute Gasteiger partial charge is 0.508 e. The molecule has 2 aliphatic rings. The van der Waals surface area contributed by atoms with Gasteiger partial charge in [0, 0.05) is 9.90 Å². The fourth-order valence-electron chi connectivity index (χ4n) is 3.80. The second-order valence-corrected chi connectivity index (χ2v) is 6.99. The number of rotatable bonds is 3. The summed E-state index contributed by atoms with van der Waals surface area (Å²) in [7, 11) is 0. The number of hydrogen-bond acceptors (Lipinski definition) is 1. The molecular weight excluding hydrogens is 312 g/mol. The van der Waals surface area contributed by atoms with Crippen LogP contribution in [0.15, 0.2) is 34.8 Å². The summed E-state index contributed by atoms with van der Waals surface area (Å²) in [5.41, 5.74) is 5.52. The molecular formula is C18H21BrO. The lowest BCUT2D eigenvalue weighted by atomic mass is 9.69. The van der Waals surface area contributed by atoms with Gasteiger partial charge in [-0.3, -0.25) is 0 Å². The smallest absolute Gasteiger partial charge is 0.115 e. The second kappa shape index (κ2) is 5.07. The number of phenols is 1. The second-order valence-electron chi connectivity index (χ2n) is 6.19. The maximum absolute atomic E-state index is 9.76. The number of halogens is 1. The average Bonchev–Trinajstić information content (AvgIpc) is 2.75. The van der Waals surface area contributed by atoms with E-state index in [1.54, 1.807) is 6.07 Å². The number of fused-ring (bicyclic) bond motifs is 3. The molecule has 2 aliphatic carbocycles. The maximum atomic E-state index is 9.76. The summed E-state index contributed by atoms with van der Waals surface area (Å²) in [6.45, 7) is 6.46. The van der Waals surface area contributed by atoms with Crippen LogP contribution in [0, 0.1) is 5.41 Å². The first kappa shape index (κ1) is 13.9. The average molecular weight is 333 g/mol. The molecule has 0 radical (unpaired) electrons. The molecule has 1 atom stereocenters. The van der Waals surface area contributed by atoms with Gasteiger partial charge in [-0.25, -0.2) is 0 Å². The molecule has 0 fully saturated rings.